The maximum atomic E-state index is 15.1. The number of hydrogen-bond acceptors (Lipinski definition) is 4. The quantitative estimate of drug-likeness (QED) is 0.704. The van der Waals surface area contributed by atoms with Crippen LogP contribution in [0.3, 0.4) is 0 Å². The Bertz CT molecular complexity index is 1080. The van der Waals surface area contributed by atoms with Crippen LogP contribution < -0.4 is 5.43 Å². The Morgan fingerprint density at radius 2 is 1.85 bits per heavy atom. The third-order valence-corrected chi connectivity index (χ3v) is 4.45. The molecule has 2 aromatic heterocycles. The number of hydrogen-bond donors (Lipinski definition) is 1. The second-order valence-corrected chi connectivity index (χ2v) is 6.38. The molecule has 0 fully saturated rings. The van der Waals surface area contributed by atoms with Crippen molar-refractivity contribution in [2.75, 3.05) is 6.61 Å². The Hall–Kier alpha value is -3.02. The summed E-state index contributed by atoms with van der Waals surface area (Å²) >= 11 is 0. The van der Waals surface area contributed by atoms with E-state index in [9.17, 15) is 9.59 Å². The lowest BCUT2D eigenvalue weighted by molar-refractivity contribution is 0.0524. The summed E-state index contributed by atoms with van der Waals surface area (Å²) in [6.07, 6.45) is 1.85. The molecular weight excluding hydrogens is 347 g/mol. The second-order valence-electron chi connectivity index (χ2n) is 6.38. The highest BCUT2D eigenvalue weighted by Gasteiger charge is 2.20. The summed E-state index contributed by atoms with van der Waals surface area (Å²) in [5.74, 6) is -1.22. The Morgan fingerprint density at radius 1 is 1.19 bits per heavy atom. The van der Waals surface area contributed by atoms with E-state index < -0.39 is 17.2 Å². The van der Waals surface area contributed by atoms with Crippen molar-refractivity contribution >= 4 is 16.9 Å². The van der Waals surface area contributed by atoms with E-state index >= 15 is 4.39 Å². The van der Waals surface area contributed by atoms with Gasteiger partial charge < -0.3 is 9.72 Å². The fourth-order valence-electron chi connectivity index (χ4n) is 3.41. The molecule has 1 aromatic carbocycles. The first-order valence-corrected chi connectivity index (χ1v) is 8.86. The molecule has 3 rings (SSSR count). The van der Waals surface area contributed by atoms with Gasteiger partial charge in [0.25, 0.3) is 0 Å². The fourth-order valence-corrected chi connectivity index (χ4v) is 3.41. The van der Waals surface area contributed by atoms with Crippen LogP contribution in [0.25, 0.3) is 22.0 Å². The lowest BCUT2D eigenvalue weighted by atomic mass is 9.93. The van der Waals surface area contributed by atoms with Crippen LogP contribution in [0.15, 0.2) is 29.2 Å². The van der Waals surface area contributed by atoms with Crippen LogP contribution in [0.5, 0.6) is 0 Å². The Labute approximate surface area is 156 Å². The van der Waals surface area contributed by atoms with Crippen LogP contribution in [-0.4, -0.2) is 22.5 Å². The molecule has 0 aliphatic rings. The molecule has 0 saturated carbocycles. The topological polar surface area (TPSA) is 72.1 Å². The van der Waals surface area contributed by atoms with E-state index in [1.807, 2.05) is 32.9 Å². The predicted octanol–water partition coefficient (Wildman–Crippen LogP) is 4.09. The third-order valence-electron chi connectivity index (χ3n) is 4.45. The number of carbonyl (C=O) groups excluding carboxylic acids is 1. The average Bonchev–Trinajstić information content (AvgIpc) is 2.60. The molecular formula is C21H21FN2O3. The van der Waals surface area contributed by atoms with E-state index in [4.69, 9.17) is 4.74 Å². The highest BCUT2D eigenvalue weighted by molar-refractivity contribution is 5.96. The lowest BCUT2D eigenvalue weighted by Gasteiger charge is -2.15. The van der Waals surface area contributed by atoms with Gasteiger partial charge in [0.05, 0.1) is 12.1 Å². The first-order valence-electron chi connectivity index (χ1n) is 8.86. The van der Waals surface area contributed by atoms with Crippen molar-refractivity contribution in [2.45, 2.75) is 34.1 Å². The number of fused-ring (bicyclic) bond motifs is 1. The minimum absolute atomic E-state index is 0.130. The van der Waals surface area contributed by atoms with Crippen LogP contribution in [-0.2, 0) is 11.2 Å². The van der Waals surface area contributed by atoms with Gasteiger partial charge in [-0.2, -0.15) is 0 Å². The van der Waals surface area contributed by atoms with Crippen LogP contribution in [0.4, 0.5) is 4.39 Å². The largest absolute Gasteiger partial charge is 0.462 e. The SMILES string of the molecule is CCOC(=O)c1c[nH]c2c(CC)c(-c3cc(C)nc(C)c3)c(F)cc2c1=O. The molecule has 6 heteroatoms. The minimum Gasteiger partial charge on any atom is -0.462 e. The summed E-state index contributed by atoms with van der Waals surface area (Å²) in [5.41, 5.74) is 3.28. The molecule has 0 amide bonds. The van der Waals surface area contributed by atoms with Gasteiger partial charge in [-0.25, -0.2) is 9.18 Å². The van der Waals surface area contributed by atoms with Crippen molar-refractivity contribution in [3.63, 3.8) is 0 Å². The van der Waals surface area contributed by atoms with Crippen molar-refractivity contribution in [3.8, 4) is 11.1 Å². The molecule has 2 heterocycles. The van der Waals surface area contributed by atoms with E-state index in [0.717, 1.165) is 11.4 Å². The smallest absolute Gasteiger partial charge is 0.343 e. The molecule has 3 aromatic rings. The summed E-state index contributed by atoms with van der Waals surface area (Å²) in [5, 5.41) is 0.140. The van der Waals surface area contributed by atoms with Crippen molar-refractivity contribution in [2.24, 2.45) is 0 Å². The van der Waals surface area contributed by atoms with E-state index in [-0.39, 0.29) is 17.6 Å². The van der Waals surface area contributed by atoms with E-state index in [0.29, 0.717) is 28.6 Å². The highest BCUT2D eigenvalue weighted by Crippen LogP contribution is 2.32. The summed E-state index contributed by atoms with van der Waals surface area (Å²) in [6.45, 7) is 7.43. The molecule has 0 atom stereocenters. The van der Waals surface area contributed by atoms with Crippen LogP contribution in [0.1, 0.15) is 41.2 Å². The molecule has 0 saturated heterocycles. The Balaban J connectivity index is 2.33. The highest BCUT2D eigenvalue weighted by atomic mass is 19.1. The van der Waals surface area contributed by atoms with Crippen molar-refractivity contribution < 1.29 is 13.9 Å². The van der Waals surface area contributed by atoms with Gasteiger partial charge in [-0.1, -0.05) is 6.92 Å². The van der Waals surface area contributed by atoms with E-state index in [1.54, 1.807) is 6.92 Å². The number of ether oxygens (including phenoxy) is 1. The zero-order valence-corrected chi connectivity index (χ0v) is 15.8. The second kappa shape index (κ2) is 7.31. The molecule has 0 radical (unpaired) electrons. The van der Waals surface area contributed by atoms with Crippen molar-refractivity contribution in [1.82, 2.24) is 9.97 Å². The van der Waals surface area contributed by atoms with Gasteiger partial charge in [-0.15, -0.1) is 0 Å². The number of pyridine rings is 2. The van der Waals surface area contributed by atoms with Gasteiger partial charge in [0, 0.05) is 28.5 Å². The number of rotatable bonds is 4. The number of carbonyl (C=O) groups is 1. The Kier molecular flexibility index (Phi) is 5.08. The van der Waals surface area contributed by atoms with Gasteiger partial charge in [0.15, 0.2) is 0 Å². The molecule has 0 bridgehead atoms. The number of esters is 1. The fraction of sp³-hybridized carbons (Fsp3) is 0.286. The zero-order valence-electron chi connectivity index (χ0n) is 15.8. The van der Waals surface area contributed by atoms with Crippen LogP contribution >= 0.6 is 0 Å². The first kappa shape index (κ1) is 18.8. The molecule has 0 spiro atoms. The molecule has 0 aliphatic heterocycles. The number of halogens is 1. The number of nitrogens with zero attached hydrogens (tertiary/aromatic N) is 1. The molecule has 0 aliphatic carbocycles. The van der Waals surface area contributed by atoms with Gasteiger partial charge >= 0.3 is 5.97 Å². The van der Waals surface area contributed by atoms with E-state index in [1.165, 1.54) is 12.3 Å². The molecule has 0 unspecified atom stereocenters. The maximum absolute atomic E-state index is 15.1. The van der Waals surface area contributed by atoms with Crippen molar-refractivity contribution in [3.05, 3.63) is 63.0 Å². The normalized spacial score (nSPS) is 11.0. The lowest BCUT2D eigenvalue weighted by Crippen LogP contribution is -2.19. The van der Waals surface area contributed by atoms with Gasteiger partial charge in [-0.05, 0) is 56.5 Å². The summed E-state index contributed by atoms with van der Waals surface area (Å²) in [6, 6.07) is 4.83. The number of aromatic amines is 1. The molecule has 27 heavy (non-hydrogen) atoms. The number of nitrogens with one attached hydrogen (secondary N) is 1. The third kappa shape index (κ3) is 3.35. The van der Waals surface area contributed by atoms with Crippen LogP contribution in [0.2, 0.25) is 0 Å². The molecule has 5 nitrogen and oxygen atoms in total. The number of aromatic nitrogens is 2. The first-order chi connectivity index (χ1) is 12.9. The van der Waals surface area contributed by atoms with Crippen LogP contribution in [0, 0.1) is 19.7 Å². The minimum atomic E-state index is -0.719. The summed E-state index contributed by atoms with van der Waals surface area (Å²) in [4.78, 5) is 32.0. The molecule has 140 valence electrons. The van der Waals surface area contributed by atoms with E-state index in [2.05, 4.69) is 9.97 Å². The monoisotopic (exact) mass is 368 g/mol. The predicted molar refractivity (Wildman–Crippen MR) is 103 cm³/mol. The Morgan fingerprint density at radius 3 is 2.44 bits per heavy atom. The van der Waals surface area contributed by atoms with Gasteiger partial charge in [0.2, 0.25) is 5.43 Å². The maximum Gasteiger partial charge on any atom is 0.343 e. The number of aryl methyl sites for hydroxylation is 3. The summed E-state index contributed by atoms with van der Waals surface area (Å²) < 4.78 is 20.0. The standard InChI is InChI=1S/C21H21FN2O3/c1-5-14-18(13-7-11(3)24-12(4)8-13)17(22)9-15-19(14)23-10-16(20(15)25)21(26)27-6-2/h7-10H,5-6H2,1-4H3,(H,23,25). The summed E-state index contributed by atoms with van der Waals surface area (Å²) in [7, 11) is 0. The van der Waals surface area contributed by atoms with Gasteiger partial charge in [-0.3, -0.25) is 9.78 Å². The number of H-pyrrole nitrogens is 1. The average molecular weight is 368 g/mol. The zero-order chi connectivity index (χ0) is 19.7. The number of benzene rings is 1. The van der Waals surface area contributed by atoms with Crippen molar-refractivity contribution in [1.29, 1.82) is 0 Å². The molecule has 1 N–H and O–H groups in total. The van der Waals surface area contributed by atoms with Gasteiger partial charge in [0.1, 0.15) is 11.4 Å².